The Morgan fingerprint density at radius 1 is 1.47 bits per heavy atom. The lowest BCUT2D eigenvalue weighted by molar-refractivity contribution is -0.121. The Kier molecular flexibility index (Phi) is 3.64. The minimum Gasteiger partial charge on any atom is -0.293 e. The van der Waals surface area contributed by atoms with Crippen LogP contribution in [0.1, 0.15) is 18.1 Å². The van der Waals surface area contributed by atoms with Crippen molar-refractivity contribution < 1.29 is 4.79 Å². The zero-order chi connectivity index (χ0) is 12.4. The van der Waals surface area contributed by atoms with E-state index in [1.807, 2.05) is 38.1 Å². The third-order valence-corrected chi connectivity index (χ3v) is 3.91. The van der Waals surface area contributed by atoms with Crippen LogP contribution in [0.25, 0.3) is 6.08 Å². The Hall–Kier alpha value is -1.13. The van der Waals surface area contributed by atoms with Crippen LogP contribution >= 0.6 is 24.0 Å². The first-order valence-electron chi connectivity index (χ1n) is 5.44. The molecule has 1 aliphatic heterocycles. The van der Waals surface area contributed by atoms with Gasteiger partial charge in [0.05, 0.1) is 4.91 Å². The maximum atomic E-state index is 12.0. The number of rotatable bonds is 2. The van der Waals surface area contributed by atoms with E-state index < -0.39 is 0 Å². The van der Waals surface area contributed by atoms with Crippen molar-refractivity contribution in [2.75, 3.05) is 6.54 Å². The summed E-state index contributed by atoms with van der Waals surface area (Å²) in [7, 11) is 0. The number of nitrogens with zero attached hydrogens (tertiary/aromatic N) is 1. The van der Waals surface area contributed by atoms with Crippen molar-refractivity contribution >= 4 is 40.3 Å². The van der Waals surface area contributed by atoms with Gasteiger partial charge in [-0.3, -0.25) is 9.69 Å². The van der Waals surface area contributed by atoms with Crippen molar-refractivity contribution in [1.29, 1.82) is 0 Å². The third-order valence-electron chi connectivity index (χ3n) is 2.53. The van der Waals surface area contributed by atoms with Crippen molar-refractivity contribution in [2.24, 2.45) is 0 Å². The van der Waals surface area contributed by atoms with Crippen molar-refractivity contribution in [3.8, 4) is 0 Å². The monoisotopic (exact) mass is 263 g/mol. The van der Waals surface area contributed by atoms with E-state index in [9.17, 15) is 4.79 Å². The first kappa shape index (κ1) is 12.3. The molecule has 1 fully saturated rings. The topological polar surface area (TPSA) is 20.3 Å². The number of hydrogen-bond donors (Lipinski definition) is 0. The maximum absolute atomic E-state index is 12.0. The minimum absolute atomic E-state index is 0.0176. The van der Waals surface area contributed by atoms with Gasteiger partial charge in [0, 0.05) is 6.54 Å². The molecule has 0 bridgehead atoms. The summed E-state index contributed by atoms with van der Waals surface area (Å²) < 4.78 is 0.649. The molecule has 2 nitrogen and oxygen atoms in total. The molecule has 1 aromatic carbocycles. The first-order chi connectivity index (χ1) is 8.11. The number of carbonyl (C=O) groups is 1. The van der Waals surface area contributed by atoms with Crippen LogP contribution in [0.4, 0.5) is 0 Å². The fourth-order valence-electron chi connectivity index (χ4n) is 1.68. The Labute approximate surface area is 111 Å². The molecule has 0 saturated carbocycles. The van der Waals surface area contributed by atoms with Crippen LogP contribution in [-0.2, 0) is 4.79 Å². The third kappa shape index (κ3) is 2.58. The van der Waals surface area contributed by atoms with E-state index in [2.05, 4.69) is 6.07 Å². The predicted molar refractivity (Wildman–Crippen MR) is 76.7 cm³/mol. The van der Waals surface area contributed by atoms with Crippen molar-refractivity contribution in [2.45, 2.75) is 13.8 Å². The normalized spacial score (nSPS) is 18.2. The van der Waals surface area contributed by atoms with Gasteiger partial charge >= 0.3 is 0 Å². The number of carbonyl (C=O) groups excluding carboxylic acids is 1. The van der Waals surface area contributed by atoms with Gasteiger partial charge in [0.1, 0.15) is 4.32 Å². The van der Waals surface area contributed by atoms with Crippen LogP contribution in [0.3, 0.4) is 0 Å². The molecule has 4 heteroatoms. The average Bonchev–Trinajstić information content (AvgIpc) is 2.54. The van der Waals surface area contributed by atoms with Gasteiger partial charge in [0.15, 0.2) is 0 Å². The number of thioether (sulfide) groups is 1. The smallest absolute Gasteiger partial charge is 0.266 e. The molecule has 0 N–H and O–H groups in total. The lowest BCUT2D eigenvalue weighted by atomic mass is 10.1. The summed E-state index contributed by atoms with van der Waals surface area (Å²) in [5, 5.41) is 0. The zero-order valence-electron chi connectivity index (χ0n) is 9.77. The number of likely N-dealkylation sites (N-methyl/N-ethyl adjacent to an activating group) is 1. The molecule has 1 amide bonds. The fourth-order valence-corrected chi connectivity index (χ4v) is 3.07. The molecule has 0 radical (unpaired) electrons. The van der Waals surface area contributed by atoms with E-state index in [1.165, 1.54) is 17.3 Å². The van der Waals surface area contributed by atoms with Gasteiger partial charge in [-0.25, -0.2) is 0 Å². The molecule has 88 valence electrons. The fraction of sp³-hybridized carbons (Fsp3) is 0.231. The minimum atomic E-state index is 0.0176. The molecule has 0 spiro atoms. The van der Waals surface area contributed by atoms with Gasteiger partial charge in [0.2, 0.25) is 0 Å². The summed E-state index contributed by atoms with van der Waals surface area (Å²) in [5.74, 6) is 0.0176. The second-order valence-corrected chi connectivity index (χ2v) is 5.52. The van der Waals surface area contributed by atoms with Gasteiger partial charge in [-0.1, -0.05) is 53.8 Å². The van der Waals surface area contributed by atoms with Crippen LogP contribution in [0.5, 0.6) is 0 Å². The lowest BCUT2D eigenvalue weighted by Gasteiger charge is -2.09. The van der Waals surface area contributed by atoms with Crippen molar-refractivity contribution in [3.05, 3.63) is 40.3 Å². The number of hydrogen-bond acceptors (Lipinski definition) is 3. The second-order valence-electron chi connectivity index (χ2n) is 3.84. The van der Waals surface area contributed by atoms with Crippen molar-refractivity contribution in [1.82, 2.24) is 4.90 Å². The summed E-state index contributed by atoms with van der Waals surface area (Å²) in [6.07, 6.45) is 1.90. The van der Waals surface area contributed by atoms with E-state index in [4.69, 9.17) is 12.2 Å². The highest BCUT2D eigenvalue weighted by Crippen LogP contribution is 2.32. The SMILES string of the molecule is CCN1C(=O)/C(=C\c2cccc(C)c2)SC1=S. The highest BCUT2D eigenvalue weighted by Gasteiger charge is 2.30. The molecule has 0 unspecified atom stereocenters. The second kappa shape index (κ2) is 5.02. The number of amides is 1. The molecular weight excluding hydrogens is 250 g/mol. The summed E-state index contributed by atoms with van der Waals surface area (Å²) in [5.41, 5.74) is 2.23. The van der Waals surface area contributed by atoms with Crippen LogP contribution in [0, 0.1) is 6.92 Å². The number of thiocarbonyl (C=S) groups is 1. The summed E-state index contributed by atoms with van der Waals surface area (Å²) in [6.45, 7) is 4.60. The predicted octanol–water partition coefficient (Wildman–Crippen LogP) is 3.22. The quantitative estimate of drug-likeness (QED) is 0.603. The molecule has 1 heterocycles. The lowest BCUT2D eigenvalue weighted by Crippen LogP contribution is -2.27. The maximum Gasteiger partial charge on any atom is 0.266 e. The van der Waals surface area contributed by atoms with Crippen LogP contribution in [-0.4, -0.2) is 21.7 Å². The largest absolute Gasteiger partial charge is 0.293 e. The van der Waals surface area contributed by atoms with Gasteiger partial charge in [-0.05, 0) is 25.5 Å². The summed E-state index contributed by atoms with van der Waals surface area (Å²) >= 11 is 6.54. The van der Waals surface area contributed by atoms with Crippen LogP contribution < -0.4 is 0 Å². The first-order valence-corrected chi connectivity index (χ1v) is 6.66. The van der Waals surface area contributed by atoms with Gasteiger partial charge in [-0.2, -0.15) is 0 Å². The average molecular weight is 263 g/mol. The molecule has 17 heavy (non-hydrogen) atoms. The van der Waals surface area contributed by atoms with E-state index in [1.54, 1.807) is 4.90 Å². The van der Waals surface area contributed by atoms with Gasteiger partial charge in [-0.15, -0.1) is 0 Å². The molecule has 0 aromatic heterocycles. The molecule has 0 aliphatic carbocycles. The molecule has 1 aromatic rings. The van der Waals surface area contributed by atoms with Crippen molar-refractivity contribution in [3.63, 3.8) is 0 Å². The molecule has 2 rings (SSSR count). The summed E-state index contributed by atoms with van der Waals surface area (Å²) in [6, 6.07) is 8.07. The summed E-state index contributed by atoms with van der Waals surface area (Å²) in [4.78, 5) is 14.3. The number of benzene rings is 1. The van der Waals surface area contributed by atoms with Crippen LogP contribution in [0.2, 0.25) is 0 Å². The Bertz CT molecular complexity index is 508. The Balaban J connectivity index is 2.30. The number of aryl methyl sites for hydroxylation is 1. The molecule has 1 saturated heterocycles. The molecule has 0 atom stereocenters. The van der Waals surface area contributed by atoms with Gasteiger partial charge < -0.3 is 0 Å². The highest BCUT2D eigenvalue weighted by atomic mass is 32.2. The van der Waals surface area contributed by atoms with Gasteiger partial charge in [0.25, 0.3) is 5.91 Å². The zero-order valence-corrected chi connectivity index (χ0v) is 11.4. The van der Waals surface area contributed by atoms with E-state index in [0.717, 1.165) is 5.56 Å². The van der Waals surface area contributed by atoms with E-state index >= 15 is 0 Å². The van der Waals surface area contributed by atoms with Crippen LogP contribution in [0.15, 0.2) is 29.2 Å². The standard InChI is InChI=1S/C13H13NOS2/c1-3-14-12(15)11(17-13(14)16)8-10-6-4-5-9(2)7-10/h4-8H,3H2,1-2H3/b11-8+. The molecular formula is C13H13NOS2. The molecule has 1 aliphatic rings. The Morgan fingerprint density at radius 2 is 2.24 bits per heavy atom. The Morgan fingerprint density at radius 3 is 2.82 bits per heavy atom. The van der Waals surface area contributed by atoms with E-state index in [-0.39, 0.29) is 5.91 Å². The highest BCUT2D eigenvalue weighted by molar-refractivity contribution is 8.26. The van der Waals surface area contributed by atoms with E-state index in [0.29, 0.717) is 15.8 Å².